The molecule has 0 aliphatic carbocycles. The van der Waals surface area contributed by atoms with E-state index in [1.54, 1.807) is 0 Å². The molecule has 176 valence electrons. The van der Waals surface area contributed by atoms with Gasteiger partial charge < -0.3 is 0 Å². The molecule has 1 spiro atoms. The van der Waals surface area contributed by atoms with Crippen LogP contribution in [0, 0.1) is 19.6 Å². The zero-order valence-corrected chi connectivity index (χ0v) is 21.0. The first-order valence-electron chi connectivity index (χ1n) is 12.0. The molecule has 0 bridgehead atoms. The molecule has 35 heavy (non-hydrogen) atoms. The number of hydrogen-bond acceptors (Lipinski definition) is 3. The van der Waals surface area contributed by atoms with Crippen LogP contribution in [-0.2, 0) is 4.52 Å². The molecule has 2 heterocycles. The van der Waals surface area contributed by atoms with Crippen molar-refractivity contribution in [2.24, 2.45) is 0 Å². The van der Waals surface area contributed by atoms with Gasteiger partial charge in [0.15, 0.2) is 0 Å². The number of benzene rings is 4. The van der Waals surface area contributed by atoms with Gasteiger partial charge in [0.1, 0.15) is 0 Å². The molecule has 5 heteroatoms. The van der Waals surface area contributed by atoms with Gasteiger partial charge in [-0.05, 0) is 0 Å². The summed E-state index contributed by atoms with van der Waals surface area (Å²) in [6.45, 7) is 7.02. The summed E-state index contributed by atoms with van der Waals surface area (Å²) in [5.41, 5.74) is 4.40. The van der Waals surface area contributed by atoms with Crippen LogP contribution in [0.2, 0.25) is 0 Å². The third-order valence-corrected chi connectivity index (χ3v) is 10.6. The van der Waals surface area contributed by atoms with Crippen LogP contribution in [0.1, 0.15) is 29.2 Å². The van der Waals surface area contributed by atoms with Crippen LogP contribution in [0.3, 0.4) is 0 Å². The molecule has 0 radical (unpaired) electrons. The van der Waals surface area contributed by atoms with Crippen LogP contribution in [-0.4, -0.2) is 17.0 Å². The Morgan fingerprint density at radius 1 is 0.657 bits per heavy atom. The Kier molecular flexibility index (Phi) is 4.91. The van der Waals surface area contributed by atoms with Gasteiger partial charge in [-0.2, -0.15) is 0 Å². The quantitative estimate of drug-likeness (QED) is 0.184. The summed E-state index contributed by atoms with van der Waals surface area (Å²) < 4.78 is 23.5. The topological polar surface area (TPSA) is 30.7 Å². The average molecular weight is 482 g/mol. The average Bonchev–Trinajstić information content (AvgIpc) is 3.39. The summed E-state index contributed by atoms with van der Waals surface area (Å²) >= 11 is 0. The molecule has 0 amide bonds. The summed E-state index contributed by atoms with van der Waals surface area (Å²) in [6, 6.07) is 35.0. The molecule has 0 atom stereocenters. The zero-order valence-electron chi connectivity index (χ0n) is 20.1. The van der Waals surface area contributed by atoms with Gasteiger partial charge in [-0.25, -0.2) is 0 Å². The van der Waals surface area contributed by atoms with Gasteiger partial charge in [-0.3, -0.25) is 0 Å². The van der Waals surface area contributed by atoms with E-state index in [4.69, 9.17) is 13.6 Å². The molecule has 4 aromatic rings. The van der Waals surface area contributed by atoms with E-state index in [-0.39, 0.29) is 0 Å². The molecule has 0 saturated heterocycles. The van der Waals surface area contributed by atoms with Crippen LogP contribution < -0.4 is 14.4 Å². The van der Waals surface area contributed by atoms with Gasteiger partial charge in [-0.15, -0.1) is 0 Å². The van der Waals surface area contributed by atoms with Gasteiger partial charge >= 0.3 is 207 Å². The van der Waals surface area contributed by atoms with Crippen molar-refractivity contribution in [1.82, 2.24) is 0 Å². The molecule has 6 rings (SSSR count). The Morgan fingerprint density at radius 2 is 1.20 bits per heavy atom. The van der Waals surface area contributed by atoms with Crippen LogP contribution >= 0.6 is 7.28 Å². The van der Waals surface area contributed by atoms with E-state index < -0.39 is 7.28 Å². The fourth-order valence-electron chi connectivity index (χ4n) is 4.90. The first-order chi connectivity index (χ1) is 17.0. The van der Waals surface area contributed by atoms with E-state index in [9.17, 15) is 0 Å². The molecule has 0 fully saturated rings. The Bertz CT molecular complexity index is 1400. The predicted octanol–water partition coefficient (Wildman–Crippen LogP) is 6.75. The molecule has 0 aromatic heterocycles. The molecule has 0 N–H and O–H groups in total. The normalized spacial score (nSPS) is 18.3. The van der Waals surface area contributed by atoms with Crippen LogP contribution in [0.25, 0.3) is 0 Å². The molecular weight excluding hydrogens is 453 g/mol. The van der Waals surface area contributed by atoms with E-state index in [0.29, 0.717) is 18.0 Å². The molecule has 2 aliphatic rings. The summed E-state index contributed by atoms with van der Waals surface area (Å²) in [5, 5.41) is 0.894. The van der Waals surface area contributed by atoms with Crippen molar-refractivity contribution in [3.8, 4) is 11.5 Å². The molecule has 2 aliphatic heterocycles. The van der Waals surface area contributed by atoms with Crippen LogP contribution in [0.4, 0.5) is 0 Å². The first kappa shape index (κ1) is 21.8. The van der Waals surface area contributed by atoms with Crippen molar-refractivity contribution >= 4 is 18.5 Å². The fraction of sp³-hybridized carbons (Fsp3) is 0.133. The Balaban J connectivity index is 1.68. The summed E-state index contributed by atoms with van der Waals surface area (Å²) in [5.74, 6) is 3.06. The molecule has 4 aromatic carbocycles. The maximum absolute atomic E-state index is 7.18. The monoisotopic (exact) mass is 481 g/mol. The predicted molar refractivity (Wildman–Crippen MR) is 141 cm³/mol. The Hall–Kier alpha value is -3.75. The van der Waals surface area contributed by atoms with Gasteiger partial charge in [0.2, 0.25) is 0 Å². The number of aryl methyl sites for hydroxylation is 2. The summed E-state index contributed by atoms with van der Waals surface area (Å²) in [4.78, 5) is 0. The van der Waals surface area contributed by atoms with E-state index in [0.717, 1.165) is 28.1 Å². The number of rotatable bonds is 4. The molecule has 4 nitrogen and oxygen atoms in total. The molecular formula is C30H28NO3P. The molecule has 0 unspecified atom stereocenters. The van der Waals surface area contributed by atoms with Gasteiger partial charge in [0, 0.05) is 0 Å². The van der Waals surface area contributed by atoms with E-state index >= 15 is 0 Å². The zero-order chi connectivity index (χ0) is 24.1. The third kappa shape index (κ3) is 3.17. The van der Waals surface area contributed by atoms with Crippen molar-refractivity contribution in [3.63, 3.8) is 0 Å². The van der Waals surface area contributed by atoms with Crippen molar-refractivity contribution in [2.75, 3.05) is 6.54 Å². The van der Waals surface area contributed by atoms with E-state index in [1.807, 2.05) is 42.5 Å². The van der Waals surface area contributed by atoms with Crippen molar-refractivity contribution in [2.45, 2.75) is 20.8 Å². The van der Waals surface area contributed by atoms with E-state index in [1.165, 1.54) is 11.1 Å². The van der Waals surface area contributed by atoms with Crippen molar-refractivity contribution in [1.29, 1.82) is 0 Å². The van der Waals surface area contributed by atoms with Crippen molar-refractivity contribution < 1.29 is 18.1 Å². The second-order valence-corrected chi connectivity index (χ2v) is 12.3. The Morgan fingerprint density at radius 3 is 1.77 bits per heavy atom. The van der Waals surface area contributed by atoms with Crippen LogP contribution in [0.15, 0.2) is 103 Å². The second-order valence-electron chi connectivity index (χ2n) is 9.04. The van der Waals surface area contributed by atoms with Gasteiger partial charge in [0.05, 0.1) is 0 Å². The minimum atomic E-state index is -4.15. The van der Waals surface area contributed by atoms with Crippen molar-refractivity contribution in [3.05, 3.63) is 131 Å². The standard InChI is InChI=1S/C30H28NO3P/c1-4-31-29(24-18-14-22(2)15-19-24)34-35(26-10-6-5-7-11-26,30(31)25-20-16-23(3)17-21-25)32-27-12-8-9-13-28(27)33-35/h5-21H,4H2,1-3H3. The van der Waals surface area contributed by atoms with Gasteiger partial charge in [-0.1, -0.05) is 0 Å². The Labute approximate surface area is 206 Å². The maximum atomic E-state index is 7.18. The summed E-state index contributed by atoms with van der Waals surface area (Å²) in [6.07, 6.45) is 0. The van der Waals surface area contributed by atoms with Crippen LogP contribution in [0.5, 0.6) is 11.5 Å². The second kappa shape index (κ2) is 7.90. The number of hydrogen-bond donors (Lipinski definition) is 0. The van der Waals surface area contributed by atoms with E-state index in [2.05, 4.69) is 86.0 Å². The number of para-hydroxylation sites is 2. The number of nitrogens with zero attached hydrogens (tertiary/aromatic N) is 1. The van der Waals surface area contributed by atoms with Gasteiger partial charge in [0.25, 0.3) is 0 Å². The minimum absolute atomic E-state index is 0.694. The SMILES string of the molecule is CC[N+]1=C(c2ccc(C)cc2)OP2(c3ccccc3)(Oc3ccccc3O2)[C-]1c1ccc(C)cc1. The summed E-state index contributed by atoms with van der Waals surface area (Å²) in [7, 11) is -4.15. The number of fused-ring (bicyclic) bond motifs is 1. The fourth-order valence-corrected chi connectivity index (χ4v) is 9.30. The first-order valence-corrected chi connectivity index (χ1v) is 13.9. The third-order valence-electron chi connectivity index (χ3n) is 6.62. The molecule has 0 saturated carbocycles.